The lowest BCUT2D eigenvalue weighted by Crippen LogP contribution is -1.98. The van der Waals surface area contributed by atoms with E-state index in [1.807, 2.05) is 0 Å². The largest absolute Gasteiger partial charge is 0.490 e. The normalized spacial score (nSPS) is 13.5. The van der Waals surface area contributed by atoms with Gasteiger partial charge in [0.05, 0.1) is 13.7 Å². The van der Waals surface area contributed by atoms with E-state index in [-0.39, 0.29) is 0 Å². The number of ether oxygens (including phenoxy) is 2. The quantitative estimate of drug-likeness (QED) is 0.759. The molecule has 0 fully saturated rings. The first kappa shape index (κ1) is 10.7. The first-order chi connectivity index (χ1) is 8.22. The van der Waals surface area contributed by atoms with Gasteiger partial charge < -0.3 is 13.9 Å². The minimum absolute atomic E-state index is 0.402. The maximum Gasteiger partial charge on any atom is 0.336 e. The Balaban J connectivity index is 2.51. The molecule has 17 heavy (non-hydrogen) atoms. The van der Waals surface area contributed by atoms with Crippen LogP contribution in [0.25, 0.3) is 11.0 Å². The average Bonchev–Trinajstić information content (AvgIpc) is 2.79. The monoisotopic (exact) mass is 296 g/mol. The van der Waals surface area contributed by atoms with Crippen molar-refractivity contribution in [1.29, 1.82) is 0 Å². The standard InChI is InChI=1S/C12H9BrO4/c1-15-12-10-7(4-5-16-10)9(13)6-2-3-8(14)17-11(6)12/h2-3H,4-5H2,1H3. The lowest BCUT2D eigenvalue weighted by Gasteiger charge is -2.11. The van der Waals surface area contributed by atoms with Gasteiger partial charge in [-0.1, -0.05) is 0 Å². The van der Waals surface area contributed by atoms with Crippen molar-refractivity contribution < 1.29 is 13.9 Å². The van der Waals surface area contributed by atoms with Crippen LogP contribution in [0.5, 0.6) is 11.5 Å². The van der Waals surface area contributed by atoms with E-state index in [9.17, 15) is 4.79 Å². The zero-order valence-electron chi connectivity index (χ0n) is 9.08. The summed E-state index contributed by atoms with van der Waals surface area (Å²) in [7, 11) is 1.54. The molecular weight excluding hydrogens is 288 g/mol. The van der Waals surface area contributed by atoms with Crippen LogP contribution >= 0.6 is 15.9 Å². The third-order valence-electron chi connectivity index (χ3n) is 2.82. The summed E-state index contributed by atoms with van der Waals surface area (Å²) in [6.45, 7) is 0.616. The van der Waals surface area contributed by atoms with Crippen molar-refractivity contribution in [2.45, 2.75) is 6.42 Å². The molecule has 1 aromatic carbocycles. The van der Waals surface area contributed by atoms with Gasteiger partial charge in [-0.05, 0) is 22.0 Å². The predicted octanol–water partition coefficient (Wildman–Crippen LogP) is 2.50. The van der Waals surface area contributed by atoms with Crippen LogP contribution in [0.3, 0.4) is 0 Å². The number of methoxy groups -OCH3 is 1. The second-order valence-corrected chi connectivity index (χ2v) is 4.54. The molecule has 0 N–H and O–H groups in total. The number of halogens is 1. The van der Waals surface area contributed by atoms with Gasteiger partial charge in [0.2, 0.25) is 5.75 Å². The molecule has 2 aromatic rings. The average molecular weight is 297 g/mol. The first-order valence-electron chi connectivity index (χ1n) is 5.17. The molecule has 0 saturated carbocycles. The van der Waals surface area contributed by atoms with Crippen molar-refractivity contribution in [2.75, 3.05) is 13.7 Å². The second kappa shape index (κ2) is 3.77. The van der Waals surface area contributed by atoms with Gasteiger partial charge in [0.1, 0.15) is 0 Å². The predicted molar refractivity (Wildman–Crippen MR) is 65.9 cm³/mol. The fourth-order valence-electron chi connectivity index (χ4n) is 2.08. The molecule has 88 valence electrons. The Morgan fingerprint density at radius 1 is 1.41 bits per heavy atom. The molecule has 0 amide bonds. The van der Waals surface area contributed by atoms with Gasteiger partial charge in [0.25, 0.3) is 0 Å². The third kappa shape index (κ3) is 1.45. The summed E-state index contributed by atoms with van der Waals surface area (Å²) in [5, 5.41) is 0.825. The van der Waals surface area contributed by atoms with Gasteiger partial charge in [-0.15, -0.1) is 0 Å². The van der Waals surface area contributed by atoms with Gasteiger partial charge in [0.15, 0.2) is 11.3 Å². The summed E-state index contributed by atoms with van der Waals surface area (Å²) in [4.78, 5) is 11.3. The van der Waals surface area contributed by atoms with Crippen LogP contribution in [0.4, 0.5) is 0 Å². The van der Waals surface area contributed by atoms with E-state index in [0.717, 1.165) is 21.8 Å². The number of hydrogen-bond acceptors (Lipinski definition) is 4. The van der Waals surface area contributed by atoms with E-state index in [0.29, 0.717) is 23.7 Å². The Kier molecular flexibility index (Phi) is 2.36. The van der Waals surface area contributed by atoms with Gasteiger partial charge in [0, 0.05) is 27.9 Å². The van der Waals surface area contributed by atoms with Crippen LogP contribution in [0.1, 0.15) is 5.56 Å². The second-order valence-electron chi connectivity index (χ2n) is 3.75. The molecule has 0 aliphatic carbocycles. The van der Waals surface area contributed by atoms with Crippen LogP contribution in [-0.4, -0.2) is 13.7 Å². The summed E-state index contributed by atoms with van der Waals surface area (Å²) in [6.07, 6.45) is 0.821. The van der Waals surface area contributed by atoms with Crippen molar-refractivity contribution in [3.63, 3.8) is 0 Å². The molecule has 0 saturated heterocycles. The number of benzene rings is 1. The van der Waals surface area contributed by atoms with E-state index in [2.05, 4.69) is 15.9 Å². The Bertz CT molecular complexity index is 660. The van der Waals surface area contributed by atoms with Crippen molar-refractivity contribution in [1.82, 2.24) is 0 Å². The molecule has 4 nitrogen and oxygen atoms in total. The summed E-state index contributed by atoms with van der Waals surface area (Å²) in [6, 6.07) is 3.13. The van der Waals surface area contributed by atoms with Gasteiger partial charge in [-0.2, -0.15) is 0 Å². The molecule has 1 aliphatic heterocycles. The van der Waals surface area contributed by atoms with E-state index in [4.69, 9.17) is 13.9 Å². The van der Waals surface area contributed by atoms with E-state index in [1.54, 1.807) is 6.07 Å². The zero-order chi connectivity index (χ0) is 12.0. The third-order valence-corrected chi connectivity index (χ3v) is 3.73. The zero-order valence-corrected chi connectivity index (χ0v) is 10.7. The maximum atomic E-state index is 11.3. The highest BCUT2D eigenvalue weighted by Crippen LogP contribution is 2.46. The molecular formula is C12H9BrO4. The van der Waals surface area contributed by atoms with Crippen LogP contribution in [0.2, 0.25) is 0 Å². The number of hydrogen-bond donors (Lipinski definition) is 0. The van der Waals surface area contributed by atoms with Crippen molar-refractivity contribution in [2.24, 2.45) is 0 Å². The topological polar surface area (TPSA) is 48.7 Å². The fraction of sp³-hybridized carbons (Fsp3) is 0.250. The summed E-state index contributed by atoms with van der Waals surface area (Å²) >= 11 is 3.52. The molecule has 2 heterocycles. The van der Waals surface area contributed by atoms with Crippen molar-refractivity contribution in [3.8, 4) is 11.5 Å². The number of rotatable bonds is 1. The molecule has 0 atom stereocenters. The van der Waals surface area contributed by atoms with E-state index >= 15 is 0 Å². The molecule has 3 rings (SSSR count). The molecule has 0 spiro atoms. The SMILES string of the molecule is COc1c2c(c(Br)c3ccc(=O)oc13)CCO2. The number of fused-ring (bicyclic) bond motifs is 2. The van der Waals surface area contributed by atoms with Crippen LogP contribution in [0, 0.1) is 0 Å². The lowest BCUT2D eigenvalue weighted by atomic mass is 10.1. The Labute approximate surface area is 105 Å². The van der Waals surface area contributed by atoms with Crippen LogP contribution in [0.15, 0.2) is 25.8 Å². The minimum atomic E-state index is -0.402. The first-order valence-corrected chi connectivity index (χ1v) is 5.96. The van der Waals surface area contributed by atoms with Crippen molar-refractivity contribution in [3.05, 3.63) is 32.6 Å². The molecule has 0 bridgehead atoms. The Morgan fingerprint density at radius 3 is 3.00 bits per heavy atom. The highest BCUT2D eigenvalue weighted by Gasteiger charge is 2.25. The van der Waals surface area contributed by atoms with Gasteiger partial charge in [-0.3, -0.25) is 0 Å². The molecule has 1 aliphatic rings. The molecule has 0 unspecified atom stereocenters. The maximum absolute atomic E-state index is 11.3. The summed E-state index contributed by atoms with van der Waals surface area (Å²) in [5.74, 6) is 1.16. The van der Waals surface area contributed by atoms with Gasteiger partial charge in [-0.25, -0.2) is 4.79 Å². The Morgan fingerprint density at radius 2 is 2.24 bits per heavy atom. The van der Waals surface area contributed by atoms with E-state index in [1.165, 1.54) is 13.2 Å². The summed E-state index contributed by atoms with van der Waals surface area (Å²) in [5.41, 5.74) is 1.08. The van der Waals surface area contributed by atoms with Crippen molar-refractivity contribution >= 4 is 26.9 Å². The van der Waals surface area contributed by atoms with Gasteiger partial charge >= 0.3 is 5.63 Å². The van der Waals surface area contributed by atoms with Crippen LogP contribution in [-0.2, 0) is 6.42 Å². The molecule has 1 aromatic heterocycles. The van der Waals surface area contributed by atoms with E-state index < -0.39 is 5.63 Å². The Hall–Kier alpha value is -1.49. The lowest BCUT2D eigenvalue weighted by molar-refractivity contribution is 0.324. The highest BCUT2D eigenvalue weighted by atomic mass is 79.9. The summed E-state index contributed by atoms with van der Waals surface area (Å²) < 4.78 is 16.9. The molecule has 0 radical (unpaired) electrons. The van der Waals surface area contributed by atoms with Crippen LogP contribution < -0.4 is 15.1 Å². The molecule has 5 heteroatoms. The smallest absolute Gasteiger partial charge is 0.336 e. The minimum Gasteiger partial charge on any atom is -0.490 e. The fourth-order valence-corrected chi connectivity index (χ4v) is 2.77. The highest BCUT2D eigenvalue weighted by molar-refractivity contribution is 9.10.